The van der Waals surface area contributed by atoms with E-state index in [4.69, 9.17) is 4.74 Å². The van der Waals surface area contributed by atoms with Crippen LogP contribution in [0.3, 0.4) is 0 Å². The van der Waals surface area contributed by atoms with Crippen LogP contribution in [0.4, 0.5) is 10.1 Å². The molecule has 126 valence electrons. The molecular formula is C14H12FN3O5S. The number of aromatic hydroxyl groups is 1. The van der Waals surface area contributed by atoms with Crippen LogP contribution in [0.25, 0.3) is 11.1 Å². The molecule has 0 atom stereocenters. The second-order valence-corrected chi connectivity index (χ2v) is 6.55. The minimum absolute atomic E-state index is 0.291. The number of anilines is 1. The van der Waals surface area contributed by atoms with Crippen LogP contribution in [0, 0.1) is 5.82 Å². The maximum Gasteiger partial charge on any atom is 0.326 e. The van der Waals surface area contributed by atoms with E-state index in [1.807, 2.05) is 0 Å². The molecule has 0 saturated carbocycles. The molecule has 2 N–H and O–H groups in total. The van der Waals surface area contributed by atoms with Crippen molar-refractivity contribution in [2.75, 3.05) is 18.0 Å². The predicted octanol–water partition coefficient (Wildman–Crippen LogP) is 0.783. The molecular weight excluding hydrogens is 341 g/mol. The fourth-order valence-electron chi connectivity index (χ4n) is 2.32. The third kappa shape index (κ3) is 2.71. The van der Waals surface area contributed by atoms with Crippen molar-refractivity contribution in [2.24, 2.45) is 0 Å². The monoisotopic (exact) mass is 353 g/mol. The van der Waals surface area contributed by atoms with Crippen molar-refractivity contribution in [2.45, 2.75) is 0 Å². The van der Waals surface area contributed by atoms with E-state index in [0.717, 1.165) is 6.07 Å². The summed E-state index contributed by atoms with van der Waals surface area (Å²) in [6.45, 7) is -0.601. The number of benzene rings is 1. The Morgan fingerprint density at radius 1 is 1.33 bits per heavy atom. The number of hydrogen-bond donors (Lipinski definition) is 2. The lowest BCUT2D eigenvalue weighted by atomic mass is 10.1. The molecule has 0 aliphatic carbocycles. The molecule has 0 spiro atoms. The van der Waals surface area contributed by atoms with Gasteiger partial charge in [-0.05, 0) is 23.8 Å². The quantitative estimate of drug-likeness (QED) is 0.844. The fraction of sp³-hybridized carbons (Fsp3) is 0.143. The first kappa shape index (κ1) is 16.0. The Kier molecular flexibility index (Phi) is 3.76. The lowest BCUT2D eigenvalue weighted by molar-refractivity contribution is -0.117. The van der Waals surface area contributed by atoms with Gasteiger partial charge in [-0.25, -0.2) is 18.4 Å². The van der Waals surface area contributed by atoms with E-state index in [2.05, 4.69) is 4.98 Å². The van der Waals surface area contributed by atoms with E-state index in [-0.39, 0.29) is 0 Å². The summed E-state index contributed by atoms with van der Waals surface area (Å²) in [5.41, 5.74) is 0.202. The van der Waals surface area contributed by atoms with E-state index in [9.17, 15) is 22.7 Å². The number of phenols is 1. The summed E-state index contributed by atoms with van der Waals surface area (Å²) in [6, 6.07) is 5.42. The van der Waals surface area contributed by atoms with Crippen molar-refractivity contribution >= 4 is 21.8 Å². The average Bonchev–Trinajstić information content (AvgIpc) is 2.79. The van der Waals surface area contributed by atoms with Crippen molar-refractivity contribution < 1.29 is 27.4 Å². The van der Waals surface area contributed by atoms with E-state index < -0.39 is 39.9 Å². The summed E-state index contributed by atoms with van der Waals surface area (Å²) in [6.07, 6.45) is 1.42. The molecule has 8 nitrogen and oxygen atoms in total. The van der Waals surface area contributed by atoms with Crippen LogP contribution < -0.4 is 13.8 Å². The third-order valence-corrected chi connectivity index (χ3v) is 4.77. The second-order valence-electron chi connectivity index (χ2n) is 4.95. The van der Waals surface area contributed by atoms with Crippen molar-refractivity contribution in [1.82, 2.24) is 9.71 Å². The number of nitrogens with one attached hydrogen (secondary N) is 1. The zero-order valence-corrected chi connectivity index (χ0v) is 13.2. The van der Waals surface area contributed by atoms with E-state index >= 15 is 0 Å². The van der Waals surface area contributed by atoms with Crippen LogP contribution in [0.1, 0.15) is 0 Å². The number of phenolic OH excluding ortho intramolecular Hbond substituents is 1. The summed E-state index contributed by atoms with van der Waals surface area (Å²) in [5, 5.41) is 10.1. The lowest BCUT2D eigenvalue weighted by Gasteiger charge is -2.17. The molecule has 24 heavy (non-hydrogen) atoms. The van der Waals surface area contributed by atoms with Gasteiger partial charge in [-0.15, -0.1) is 0 Å². The number of hydrogen-bond acceptors (Lipinski definition) is 6. The van der Waals surface area contributed by atoms with Crippen molar-refractivity contribution in [3.05, 3.63) is 36.3 Å². The van der Waals surface area contributed by atoms with Gasteiger partial charge in [-0.1, -0.05) is 0 Å². The first-order chi connectivity index (χ1) is 11.3. The van der Waals surface area contributed by atoms with Crippen LogP contribution in [-0.2, 0) is 15.0 Å². The van der Waals surface area contributed by atoms with Gasteiger partial charge in [-0.2, -0.15) is 8.42 Å². The topological polar surface area (TPSA) is 109 Å². The van der Waals surface area contributed by atoms with Crippen LogP contribution in [-0.4, -0.2) is 38.1 Å². The number of ether oxygens (including phenoxy) is 1. The van der Waals surface area contributed by atoms with Gasteiger partial charge in [0.15, 0.2) is 5.82 Å². The van der Waals surface area contributed by atoms with Crippen molar-refractivity contribution in [3.63, 3.8) is 0 Å². The van der Waals surface area contributed by atoms with Crippen LogP contribution in [0.5, 0.6) is 11.6 Å². The number of aromatic nitrogens is 1. The summed E-state index contributed by atoms with van der Waals surface area (Å²) in [5.74, 6) is -2.04. The summed E-state index contributed by atoms with van der Waals surface area (Å²) in [4.78, 5) is 15.2. The van der Waals surface area contributed by atoms with Gasteiger partial charge < -0.3 is 9.84 Å². The van der Waals surface area contributed by atoms with Crippen molar-refractivity contribution in [3.8, 4) is 22.8 Å². The van der Waals surface area contributed by atoms with E-state index in [0.29, 0.717) is 21.3 Å². The molecule has 1 aromatic carbocycles. The van der Waals surface area contributed by atoms with E-state index in [1.165, 1.54) is 19.4 Å². The highest BCUT2D eigenvalue weighted by Gasteiger charge is 2.37. The van der Waals surface area contributed by atoms with Crippen molar-refractivity contribution in [1.29, 1.82) is 0 Å². The zero-order valence-electron chi connectivity index (χ0n) is 12.4. The largest absolute Gasteiger partial charge is 0.506 e. The second kappa shape index (κ2) is 5.64. The molecule has 0 radical (unpaired) electrons. The Morgan fingerprint density at radius 2 is 2.08 bits per heavy atom. The molecule has 1 aliphatic rings. The number of rotatable bonds is 3. The van der Waals surface area contributed by atoms with Gasteiger partial charge in [0.2, 0.25) is 5.88 Å². The Morgan fingerprint density at radius 3 is 2.58 bits per heavy atom. The highest BCUT2D eigenvalue weighted by Crippen LogP contribution is 2.37. The van der Waals surface area contributed by atoms with Crippen LogP contribution in [0.15, 0.2) is 30.5 Å². The number of halogens is 1. The summed E-state index contributed by atoms with van der Waals surface area (Å²) < 4.78 is 45.1. The molecule has 3 rings (SSSR count). The number of carbonyl (C=O) groups is 1. The number of amides is 1. The number of pyridine rings is 1. The minimum Gasteiger partial charge on any atom is -0.506 e. The van der Waals surface area contributed by atoms with Gasteiger partial charge in [0.05, 0.1) is 7.11 Å². The number of carbonyl (C=O) groups excluding carboxylic acids is 1. The normalized spacial score (nSPS) is 16.1. The first-order valence-corrected chi connectivity index (χ1v) is 8.12. The van der Waals surface area contributed by atoms with Crippen LogP contribution >= 0.6 is 0 Å². The van der Waals surface area contributed by atoms with Gasteiger partial charge in [-0.3, -0.25) is 4.79 Å². The predicted molar refractivity (Wildman–Crippen MR) is 82.3 cm³/mol. The third-order valence-electron chi connectivity index (χ3n) is 3.39. The zero-order chi connectivity index (χ0) is 17.5. The Balaban J connectivity index is 2.04. The Hall–Kier alpha value is -2.88. The first-order valence-electron chi connectivity index (χ1n) is 6.68. The van der Waals surface area contributed by atoms with Crippen LogP contribution in [0.2, 0.25) is 0 Å². The standard InChI is InChI=1S/C14H12FN3O5S/c1-23-13-3-2-8(6-16-13)9-4-10(15)14(11(19)5-9)18-7-12(20)17-24(18,21)22/h2-6,19H,7H2,1H3,(H,17,20). The van der Waals surface area contributed by atoms with Gasteiger partial charge in [0, 0.05) is 17.8 Å². The van der Waals surface area contributed by atoms with Gasteiger partial charge in [0.25, 0.3) is 5.91 Å². The molecule has 1 aliphatic heterocycles. The van der Waals surface area contributed by atoms with Gasteiger partial charge >= 0.3 is 10.2 Å². The molecule has 1 amide bonds. The highest BCUT2D eigenvalue weighted by molar-refractivity contribution is 7.92. The Labute approximate surface area is 136 Å². The summed E-state index contributed by atoms with van der Waals surface area (Å²) in [7, 11) is -2.76. The Bertz CT molecular complexity index is 892. The molecule has 2 aromatic rings. The molecule has 0 bridgehead atoms. The smallest absolute Gasteiger partial charge is 0.326 e. The fourth-order valence-corrected chi connectivity index (χ4v) is 3.49. The molecule has 0 unspecified atom stereocenters. The number of methoxy groups -OCH3 is 1. The lowest BCUT2D eigenvalue weighted by Crippen LogP contribution is -2.30. The average molecular weight is 353 g/mol. The molecule has 1 aromatic heterocycles. The number of nitrogens with zero attached hydrogens (tertiary/aromatic N) is 2. The van der Waals surface area contributed by atoms with E-state index in [1.54, 1.807) is 16.9 Å². The minimum atomic E-state index is -4.22. The van der Waals surface area contributed by atoms with Gasteiger partial charge in [0.1, 0.15) is 18.0 Å². The molecule has 1 saturated heterocycles. The maximum atomic E-state index is 14.4. The SMILES string of the molecule is COc1ccc(-c2cc(O)c(N3CC(=O)NS3(=O)=O)c(F)c2)cn1. The molecule has 10 heteroatoms. The molecule has 2 heterocycles. The summed E-state index contributed by atoms with van der Waals surface area (Å²) >= 11 is 0. The maximum absolute atomic E-state index is 14.4. The highest BCUT2D eigenvalue weighted by atomic mass is 32.2. The molecule has 1 fully saturated rings.